The van der Waals surface area contributed by atoms with Crippen LogP contribution in [0, 0.1) is 0 Å². The highest BCUT2D eigenvalue weighted by molar-refractivity contribution is 5.55. The lowest BCUT2D eigenvalue weighted by Gasteiger charge is -2.09. The van der Waals surface area contributed by atoms with Crippen LogP contribution in [0.5, 0.6) is 11.8 Å². The number of hydrogen-bond donors (Lipinski definition) is 2. The van der Waals surface area contributed by atoms with E-state index < -0.39 is 0 Å². The first-order valence-corrected chi connectivity index (χ1v) is 6.22. The van der Waals surface area contributed by atoms with Gasteiger partial charge in [0, 0.05) is 6.54 Å². The van der Waals surface area contributed by atoms with Crippen LogP contribution in [0.3, 0.4) is 0 Å². The third-order valence-electron chi connectivity index (χ3n) is 3.59. The SMILES string of the molecule is CCCCCn1c(O)c2c(c1O)[C@H]1C=C[C@@H]2O1. The monoisotopic (exact) mass is 235 g/mol. The molecular weight excluding hydrogens is 218 g/mol. The molecule has 0 unspecified atom stereocenters. The molecule has 2 atom stereocenters. The van der Waals surface area contributed by atoms with Crippen molar-refractivity contribution in [3.63, 3.8) is 0 Å². The van der Waals surface area contributed by atoms with Crippen molar-refractivity contribution in [3.05, 3.63) is 23.3 Å². The van der Waals surface area contributed by atoms with Crippen molar-refractivity contribution in [1.82, 2.24) is 4.57 Å². The predicted molar refractivity (Wildman–Crippen MR) is 63.0 cm³/mol. The summed E-state index contributed by atoms with van der Waals surface area (Å²) in [6.45, 7) is 2.80. The van der Waals surface area contributed by atoms with Crippen LogP contribution < -0.4 is 0 Å². The van der Waals surface area contributed by atoms with E-state index in [-0.39, 0.29) is 24.0 Å². The molecule has 2 N–H and O–H groups in total. The van der Waals surface area contributed by atoms with Crippen LogP contribution in [0.15, 0.2) is 12.2 Å². The standard InChI is InChI=1S/C13H17NO3/c1-2-3-4-7-14-12(15)10-8-5-6-9(17-8)11(10)13(14)16/h5-6,8-9,15-16H,2-4,7H2,1H3/t8-,9+. The third kappa shape index (κ3) is 1.40. The summed E-state index contributed by atoms with van der Waals surface area (Å²) in [4.78, 5) is 0. The van der Waals surface area contributed by atoms with E-state index in [1.54, 1.807) is 4.57 Å². The van der Waals surface area contributed by atoms with Gasteiger partial charge < -0.3 is 14.9 Å². The van der Waals surface area contributed by atoms with Gasteiger partial charge in [0.25, 0.3) is 0 Å². The number of aromatic nitrogens is 1. The van der Waals surface area contributed by atoms with Crippen LogP contribution in [-0.2, 0) is 11.3 Å². The van der Waals surface area contributed by atoms with E-state index in [1.807, 2.05) is 12.2 Å². The van der Waals surface area contributed by atoms with Crippen LogP contribution in [0.2, 0.25) is 0 Å². The number of nitrogens with zero attached hydrogens (tertiary/aromatic N) is 1. The first-order valence-electron chi connectivity index (χ1n) is 6.22. The molecule has 17 heavy (non-hydrogen) atoms. The quantitative estimate of drug-likeness (QED) is 0.623. The maximum Gasteiger partial charge on any atom is 0.200 e. The molecule has 0 aromatic carbocycles. The lowest BCUT2D eigenvalue weighted by atomic mass is 10.0. The summed E-state index contributed by atoms with van der Waals surface area (Å²) in [7, 11) is 0. The minimum absolute atomic E-state index is 0.172. The first kappa shape index (κ1) is 10.7. The largest absolute Gasteiger partial charge is 0.494 e. The molecule has 92 valence electrons. The number of rotatable bonds is 4. The molecule has 0 spiro atoms. The fourth-order valence-corrected chi connectivity index (χ4v) is 2.70. The van der Waals surface area contributed by atoms with Crippen molar-refractivity contribution in [2.75, 3.05) is 0 Å². The predicted octanol–water partition coefficient (Wildman–Crippen LogP) is 2.77. The fraction of sp³-hybridized carbons (Fsp3) is 0.538. The summed E-state index contributed by atoms with van der Waals surface area (Å²) in [6, 6.07) is 0. The van der Waals surface area contributed by atoms with Crippen molar-refractivity contribution in [2.24, 2.45) is 0 Å². The van der Waals surface area contributed by atoms with Gasteiger partial charge in [-0.15, -0.1) is 0 Å². The van der Waals surface area contributed by atoms with Gasteiger partial charge in [0.1, 0.15) is 12.2 Å². The van der Waals surface area contributed by atoms with E-state index in [2.05, 4.69) is 6.92 Å². The molecule has 0 saturated carbocycles. The van der Waals surface area contributed by atoms with Crippen LogP contribution >= 0.6 is 0 Å². The third-order valence-corrected chi connectivity index (χ3v) is 3.59. The molecule has 2 aliphatic heterocycles. The first-order chi connectivity index (χ1) is 8.24. The Morgan fingerprint density at radius 2 is 1.71 bits per heavy atom. The minimum atomic E-state index is -0.173. The second kappa shape index (κ2) is 3.81. The maximum atomic E-state index is 10.1. The summed E-state index contributed by atoms with van der Waals surface area (Å²) < 4.78 is 7.19. The second-order valence-electron chi connectivity index (χ2n) is 4.70. The molecule has 0 radical (unpaired) electrons. The highest BCUT2D eigenvalue weighted by atomic mass is 16.5. The van der Waals surface area contributed by atoms with Crippen LogP contribution in [0.4, 0.5) is 0 Å². The highest BCUT2D eigenvalue weighted by Crippen LogP contribution is 2.54. The zero-order valence-corrected chi connectivity index (χ0v) is 9.89. The van der Waals surface area contributed by atoms with E-state index in [0.29, 0.717) is 6.54 Å². The number of aromatic hydroxyl groups is 2. The normalized spacial score (nSPS) is 24.5. The topological polar surface area (TPSA) is 54.6 Å². The van der Waals surface area contributed by atoms with Gasteiger partial charge in [-0.2, -0.15) is 0 Å². The van der Waals surface area contributed by atoms with Gasteiger partial charge in [-0.25, -0.2) is 0 Å². The molecule has 2 bridgehead atoms. The van der Waals surface area contributed by atoms with Crippen LogP contribution in [-0.4, -0.2) is 14.8 Å². The lowest BCUT2D eigenvalue weighted by molar-refractivity contribution is 0.0837. The number of fused-ring (bicyclic) bond motifs is 5. The molecule has 0 aliphatic carbocycles. The van der Waals surface area contributed by atoms with Crippen molar-refractivity contribution in [1.29, 1.82) is 0 Å². The second-order valence-corrected chi connectivity index (χ2v) is 4.70. The maximum absolute atomic E-state index is 10.1. The smallest absolute Gasteiger partial charge is 0.200 e. The van der Waals surface area contributed by atoms with E-state index in [4.69, 9.17) is 4.74 Å². The Morgan fingerprint density at radius 3 is 2.24 bits per heavy atom. The molecule has 2 aliphatic rings. The Hall–Kier alpha value is -1.42. The summed E-state index contributed by atoms with van der Waals surface area (Å²) in [5, 5.41) is 20.3. The van der Waals surface area contributed by atoms with Gasteiger partial charge >= 0.3 is 0 Å². The summed E-state index contributed by atoms with van der Waals surface area (Å²) in [5.41, 5.74) is 1.51. The van der Waals surface area contributed by atoms with Gasteiger partial charge in [-0.3, -0.25) is 4.57 Å². The van der Waals surface area contributed by atoms with Crippen molar-refractivity contribution >= 4 is 0 Å². The van der Waals surface area contributed by atoms with E-state index in [0.717, 1.165) is 30.4 Å². The molecule has 0 amide bonds. The summed E-state index contributed by atoms with van der Waals surface area (Å²) >= 11 is 0. The molecule has 1 aromatic heterocycles. The lowest BCUT2D eigenvalue weighted by Crippen LogP contribution is -1.99. The minimum Gasteiger partial charge on any atom is -0.494 e. The van der Waals surface area contributed by atoms with Crippen molar-refractivity contribution < 1.29 is 14.9 Å². The zero-order chi connectivity index (χ0) is 12.0. The molecule has 3 rings (SSSR count). The Balaban J connectivity index is 1.92. The number of ether oxygens (including phenoxy) is 1. The van der Waals surface area contributed by atoms with Gasteiger partial charge in [0.15, 0.2) is 0 Å². The highest BCUT2D eigenvalue weighted by Gasteiger charge is 2.41. The van der Waals surface area contributed by atoms with Gasteiger partial charge in [0.05, 0.1) is 11.1 Å². The molecule has 4 nitrogen and oxygen atoms in total. The van der Waals surface area contributed by atoms with E-state index >= 15 is 0 Å². The van der Waals surface area contributed by atoms with Crippen LogP contribution in [0.1, 0.15) is 49.5 Å². The summed E-state index contributed by atoms with van der Waals surface area (Å²) in [5.74, 6) is 0.343. The molecule has 1 aromatic rings. The Bertz CT molecular complexity index is 440. The Kier molecular flexibility index (Phi) is 2.40. The molecule has 4 heteroatoms. The van der Waals surface area contributed by atoms with Gasteiger partial charge in [0.2, 0.25) is 11.8 Å². The van der Waals surface area contributed by atoms with Gasteiger partial charge in [-0.05, 0) is 6.42 Å². The zero-order valence-electron chi connectivity index (χ0n) is 9.89. The Morgan fingerprint density at radius 1 is 1.12 bits per heavy atom. The Labute approximate surface area is 100 Å². The van der Waals surface area contributed by atoms with Gasteiger partial charge in [-0.1, -0.05) is 31.9 Å². The van der Waals surface area contributed by atoms with E-state index in [9.17, 15) is 10.2 Å². The fourth-order valence-electron chi connectivity index (χ4n) is 2.70. The van der Waals surface area contributed by atoms with E-state index in [1.165, 1.54) is 0 Å². The number of unbranched alkanes of at least 4 members (excludes halogenated alkanes) is 2. The van der Waals surface area contributed by atoms with Crippen LogP contribution in [0.25, 0.3) is 0 Å². The molecule has 3 heterocycles. The average molecular weight is 235 g/mol. The van der Waals surface area contributed by atoms with Crippen molar-refractivity contribution in [2.45, 2.75) is 44.9 Å². The molecular formula is C13H17NO3. The van der Waals surface area contributed by atoms with Crippen molar-refractivity contribution in [3.8, 4) is 11.8 Å². The number of hydrogen-bond acceptors (Lipinski definition) is 3. The molecule has 0 fully saturated rings. The molecule has 0 saturated heterocycles. The average Bonchev–Trinajstić information content (AvgIpc) is 2.97. The summed E-state index contributed by atoms with van der Waals surface area (Å²) in [6.07, 6.45) is 6.71.